The van der Waals surface area contributed by atoms with Crippen LogP contribution in [-0.4, -0.2) is 41.6 Å². The molecule has 5 rings (SSSR count). The molecule has 1 aromatic rings. The van der Waals surface area contributed by atoms with E-state index in [0.717, 1.165) is 50.5 Å². The highest BCUT2D eigenvalue weighted by Gasteiger charge is 2.65. The van der Waals surface area contributed by atoms with E-state index in [9.17, 15) is 10.2 Å². The van der Waals surface area contributed by atoms with E-state index < -0.39 is 17.7 Å². The van der Waals surface area contributed by atoms with Crippen molar-refractivity contribution in [2.75, 3.05) is 13.2 Å². The first kappa shape index (κ1) is 25.4. The number of rotatable bonds is 7. The van der Waals surface area contributed by atoms with Crippen molar-refractivity contribution in [3.63, 3.8) is 0 Å². The Balaban J connectivity index is 1.29. The Labute approximate surface area is 211 Å². The monoisotopic (exact) mass is 498 g/mol. The van der Waals surface area contributed by atoms with Crippen LogP contribution >= 0.6 is 0 Å². The van der Waals surface area contributed by atoms with Gasteiger partial charge >= 0.3 is 0 Å². The Morgan fingerprint density at radius 2 is 1.97 bits per heavy atom. The molecule has 5 unspecified atom stereocenters. The molecule has 0 amide bonds. The van der Waals surface area contributed by atoms with E-state index in [4.69, 9.17) is 20.2 Å². The lowest BCUT2D eigenvalue weighted by molar-refractivity contribution is -0.186. The number of ether oxygens (including phenoxy) is 1. The first-order chi connectivity index (χ1) is 17.3. The molecule has 196 valence electrons. The van der Waals surface area contributed by atoms with Crippen molar-refractivity contribution in [1.29, 1.82) is 0 Å². The molecule has 4 aliphatic rings. The summed E-state index contributed by atoms with van der Waals surface area (Å²) in [5.74, 6) is 2.00. The second kappa shape index (κ2) is 9.58. The molecule has 0 saturated heterocycles. The summed E-state index contributed by atoms with van der Waals surface area (Å²) >= 11 is 0. The van der Waals surface area contributed by atoms with Gasteiger partial charge in [0, 0.05) is 27.3 Å². The molecule has 0 spiro atoms. The third-order valence-corrected chi connectivity index (χ3v) is 10.9. The van der Waals surface area contributed by atoms with Gasteiger partial charge in [0.05, 0.1) is 43.0 Å². The Morgan fingerprint density at radius 1 is 1.17 bits per heavy atom. The molecule has 10 nitrogen and oxygen atoms in total. The van der Waals surface area contributed by atoms with E-state index in [-0.39, 0.29) is 30.1 Å². The predicted molar refractivity (Wildman–Crippen MR) is 132 cm³/mol. The Bertz CT molecular complexity index is 1040. The van der Waals surface area contributed by atoms with Crippen LogP contribution in [0.5, 0.6) is 0 Å². The molecule has 4 saturated carbocycles. The van der Waals surface area contributed by atoms with E-state index in [1.807, 2.05) is 6.07 Å². The molecular formula is C26H38N6O4. The van der Waals surface area contributed by atoms with Crippen molar-refractivity contribution < 1.29 is 19.4 Å². The van der Waals surface area contributed by atoms with Gasteiger partial charge in [-0.25, -0.2) is 0 Å². The van der Waals surface area contributed by atoms with Gasteiger partial charge in [0.2, 0.25) is 0 Å². The van der Waals surface area contributed by atoms with Crippen LogP contribution in [0.25, 0.3) is 20.9 Å². The van der Waals surface area contributed by atoms with Gasteiger partial charge in [0.1, 0.15) is 0 Å². The molecule has 0 radical (unpaired) electrons. The van der Waals surface area contributed by atoms with Crippen molar-refractivity contribution in [3.05, 3.63) is 45.0 Å². The first-order valence-electron chi connectivity index (χ1n) is 13.4. The fourth-order valence-electron chi connectivity index (χ4n) is 8.99. The number of fused-ring (bicyclic) bond motifs is 5. The van der Waals surface area contributed by atoms with Crippen LogP contribution in [0.15, 0.2) is 33.2 Å². The van der Waals surface area contributed by atoms with E-state index in [1.54, 1.807) is 12.5 Å². The summed E-state index contributed by atoms with van der Waals surface area (Å²) in [6, 6.07) is 1.35. The summed E-state index contributed by atoms with van der Waals surface area (Å²) in [6.07, 6.45) is 10.0. The molecule has 10 atom stereocenters. The van der Waals surface area contributed by atoms with Gasteiger partial charge < -0.3 is 19.4 Å². The minimum absolute atomic E-state index is 0.0369. The van der Waals surface area contributed by atoms with Crippen LogP contribution < -0.4 is 0 Å². The zero-order valence-electron chi connectivity index (χ0n) is 21.2. The van der Waals surface area contributed by atoms with E-state index >= 15 is 0 Å². The van der Waals surface area contributed by atoms with Crippen molar-refractivity contribution in [3.8, 4) is 0 Å². The number of hydrogen-bond acceptors (Lipinski definition) is 6. The number of hydrogen-bond donors (Lipinski definition) is 2. The van der Waals surface area contributed by atoms with Gasteiger partial charge in [-0.3, -0.25) is 0 Å². The molecule has 0 bridgehead atoms. The topological polar surface area (TPSA) is 160 Å². The van der Waals surface area contributed by atoms with Gasteiger partial charge in [0.15, 0.2) is 0 Å². The maximum Gasteiger partial charge on any atom is 0.0983 e. The lowest BCUT2D eigenvalue weighted by Gasteiger charge is -2.62. The molecule has 1 aromatic heterocycles. The summed E-state index contributed by atoms with van der Waals surface area (Å²) in [7, 11) is 0. The fourth-order valence-corrected chi connectivity index (χ4v) is 8.99. The van der Waals surface area contributed by atoms with Crippen LogP contribution in [0.2, 0.25) is 0 Å². The predicted octanol–water partition coefficient (Wildman–Crippen LogP) is 5.86. The zero-order chi connectivity index (χ0) is 25.6. The Kier molecular flexibility index (Phi) is 6.77. The molecule has 10 heteroatoms. The first-order valence-corrected chi connectivity index (χ1v) is 13.4. The highest BCUT2D eigenvalue weighted by atomic mass is 16.5. The van der Waals surface area contributed by atoms with Gasteiger partial charge in [-0.15, -0.1) is 0 Å². The van der Waals surface area contributed by atoms with Crippen molar-refractivity contribution in [2.45, 2.75) is 89.1 Å². The van der Waals surface area contributed by atoms with Gasteiger partial charge in [-0.05, 0) is 97.6 Å². The largest absolute Gasteiger partial charge is 0.472 e. The quantitative estimate of drug-likeness (QED) is 0.274. The molecule has 36 heavy (non-hydrogen) atoms. The number of aliphatic hydroxyl groups is 2. The lowest BCUT2D eigenvalue weighted by atomic mass is 9.44. The molecule has 1 heterocycles. The zero-order valence-corrected chi connectivity index (χ0v) is 21.2. The van der Waals surface area contributed by atoms with Crippen molar-refractivity contribution in [1.82, 2.24) is 0 Å². The van der Waals surface area contributed by atoms with Gasteiger partial charge in [-0.1, -0.05) is 24.1 Å². The van der Waals surface area contributed by atoms with Crippen LogP contribution in [0, 0.1) is 34.5 Å². The summed E-state index contributed by atoms with van der Waals surface area (Å²) in [4.78, 5) is 5.56. The standard InChI is InChI=1S/C26H38N6O4/c1-24-12-22(33)23(36-15-18(30-32-28)13-29-31-27)11-16(24)3-4-19-20(24)5-8-25(2)21(19)6-9-26(25,34)17-7-10-35-14-17/h7,10,14,16,18-23,33-34H,3-6,8-9,11-13,15H2,1-2H3/t16?,18?,19-,20-,21+,22?,23?,24+,25+,26?/m1/s1. The lowest BCUT2D eigenvalue weighted by Crippen LogP contribution is -2.58. The molecule has 0 aromatic carbocycles. The van der Waals surface area contributed by atoms with E-state index in [1.165, 1.54) is 0 Å². The fraction of sp³-hybridized carbons (Fsp3) is 0.846. The number of azide groups is 2. The average molecular weight is 499 g/mol. The summed E-state index contributed by atoms with van der Waals surface area (Å²) in [6.45, 7) is 4.84. The number of aliphatic hydroxyl groups excluding tert-OH is 1. The second-order valence-corrected chi connectivity index (χ2v) is 12.2. The third kappa shape index (κ3) is 3.91. The van der Waals surface area contributed by atoms with Crippen LogP contribution in [-0.2, 0) is 10.3 Å². The molecule has 4 fully saturated rings. The minimum atomic E-state index is -0.837. The second-order valence-electron chi connectivity index (χ2n) is 12.2. The van der Waals surface area contributed by atoms with Crippen LogP contribution in [0.3, 0.4) is 0 Å². The number of furan rings is 1. The summed E-state index contributed by atoms with van der Waals surface area (Å²) in [5.41, 5.74) is 17.3. The Morgan fingerprint density at radius 3 is 2.69 bits per heavy atom. The highest BCUT2D eigenvalue weighted by molar-refractivity contribution is 5.26. The van der Waals surface area contributed by atoms with E-state index in [2.05, 4.69) is 33.9 Å². The summed E-state index contributed by atoms with van der Waals surface area (Å²) in [5, 5.41) is 30.2. The van der Waals surface area contributed by atoms with E-state index in [0.29, 0.717) is 30.1 Å². The maximum absolute atomic E-state index is 11.9. The molecule has 4 aliphatic carbocycles. The van der Waals surface area contributed by atoms with Crippen LogP contribution in [0.4, 0.5) is 0 Å². The van der Waals surface area contributed by atoms with Crippen molar-refractivity contribution >= 4 is 0 Å². The third-order valence-electron chi connectivity index (χ3n) is 10.9. The maximum atomic E-state index is 11.9. The van der Waals surface area contributed by atoms with Gasteiger partial charge in [-0.2, -0.15) is 0 Å². The number of nitrogens with zero attached hydrogens (tertiary/aromatic N) is 6. The molecule has 2 N–H and O–H groups in total. The molecule has 0 aliphatic heterocycles. The smallest absolute Gasteiger partial charge is 0.0983 e. The minimum Gasteiger partial charge on any atom is -0.472 e. The molecular weight excluding hydrogens is 460 g/mol. The van der Waals surface area contributed by atoms with Gasteiger partial charge in [0.25, 0.3) is 0 Å². The average Bonchev–Trinajstić information content (AvgIpc) is 3.48. The highest BCUT2D eigenvalue weighted by Crippen LogP contribution is 2.70. The van der Waals surface area contributed by atoms with Crippen LogP contribution in [0.1, 0.15) is 70.8 Å². The Hall–Kier alpha value is -2.22. The summed E-state index contributed by atoms with van der Waals surface area (Å²) < 4.78 is 11.4. The van der Waals surface area contributed by atoms with Crippen molar-refractivity contribution in [2.24, 2.45) is 44.7 Å². The normalized spacial score (nSPS) is 44.3. The SMILES string of the molecule is C[C@]12CC(O)C(OCC(CN=[N+]=[N-])N=[N+]=[N-])CC1CC[C@@H]1[C@H]2CC[C@@]2(C)[C@H]1CCC2(O)c1ccoc1.